The summed E-state index contributed by atoms with van der Waals surface area (Å²) >= 11 is 0. The van der Waals surface area contributed by atoms with Gasteiger partial charge in [0.15, 0.2) is 12.4 Å². The van der Waals surface area contributed by atoms with Crippen LogP contribution in [0.2, 0.25) is 0 Å². The van der Waals surface area contributed by atoms with Gasteiger partial charge in [0, 0.05) is 0 Å². The third-order valence-corrected chi connectivity index (χ3v) is 1.87. The number of ether oxygens (including phenoxy) is 1. The SMILES string of the molecule is O=C(OCC(O)O)[C@H](O)[C@@H](O)[C@H](O)[C@H](O)CO. The second kappa shape index (κ2) is 7.50. The van der Waals surface area contributed by atoms with Gasteiger partial charge >= 0.3 is 5.97 Å². The summed E-state index contributed by atoms with van der Waals surface area (Å²) in [5, 5.41) is 61.7. The highest BCUT2D eigenvalue weighted by molar-refractivity contribution is 5.75. The highest BCUT2D eigenvalue weighted by Crippen LogP contribution is 2.06. The molecule has 7 N–H and O–H groups in total. The molecular weight excluding hydrogens is 240 g/mol. The number of carbonyl (C=O) groups excluding carboxylic acids is 1. The Bertz CT molecular complexity index is 231. The van der Waals surface area contributed by atoms with Gasteiger partial charge in [-0.05, 0) is 0 Å². The van der Waals surface area contributed by atoms with Crippen LogP contribution in [0.4, 0.5) is 0 Å². The van der Waals surface area contributed by atoms with Crippen molar-refractivity contribution in [2.24, 2.45) is 0 Å². The van der Waals surface area contributed by atoms with Crippen molar-refractivity contribution in [2.45, 2.75) is 30.7 Å². The number of carbonyl (C=O) groups is 1. The minimum Gasteiger partial charge on any atom is -0.458 e. The maximum atomic E-state index is 11.0. The molecule has 9 nitrogen and oxygen atoms in total. The van der Waals surface area contributed by atoms with Crippen LogP contribution in [0.5, 0.6) is 0 Å². The van der Waals surface area contributed by atoms with Crippen molar-refractivity contribution in [3.8, 4) is 0 Å². The van der Waals surface area contributed by atoms with Crippen LogP contribution in [-0.4, -0.2) is 85.6 Å². The smallest absolute Gasteiger partial charge is 0.337 e. The highest BCUT2D eigenvalue weighted by Gasteiger charge is 2.35. The van der Waals surface area contributed by atoms with E-state index in [1.165, 1.54) is 0 Å². The van der Waals surface area contributed by atoms with E-state index in [-0.39, 0.29) is 0 Å². The van der Waals surface area contributed by atoms with Crippen LogP contribution >= 0.6 is 0 Å². The summed E-state index contributed by atoms with van der Waals surface area (Å²) in [6, 6.07) is 0. The van der Waals surface area contributed by atoms with E-state index < -0.39 is 49.9 Å². The fraction of sp³-hybridized carbons (Fsp3) is 0.875. The molecule has 0 radical (unpaired) electrons. The Kier molecular flexibility index (Phi) is 7.15. The van der Waals surface area contributed by atoms with Crippen molar-refractivity contribution in [3.05, 3.63) is 0 Å². The summed E-state index contributed by atoms with van der Waals surface area (Å²) in [5.41, 5.74) is 0. The Morgan fingerprint density at radius 3 is 1.94 bits per heavy atom. The summed E-state index contributed by atoms with van der Waals surface area (Å²) in [5.74, 6) is -1.41. The maximum Gasteiger partial charge on any atom is 0.337 e. The van der Waals surface area contributed by atoms with Gasteiger partial charge < -0.3 is 40.5 Å². The molecule has 0 aromatic carbocycles. The first-order valence-electron chi connectivity index (χ1n) is 4.67. The van der Waals surface area contributed by atoms with E-state index in [0.717, 1.165) is 0 Å². The van der Waals surface area contributed by atoms with Crippen LogP contribution in [0.3, 0.4) is 0 Å². The fourth-order valence-corrected chi connectivity index (χ4v) is 0.904. The maximum absolute atomic E-state index is 11.0. The zero-order chi connectivity index (χ0) is 13.6. The Balaban J connectivity index is 4.28. The molecule has 0 fully saturated rings. The number of aliphatic hydroxyl groups is 7. The van der Waals surface area contributed by atoms with Crippen LogP contribution < -0.4 is 0 Å². The van der Waals surface area contributed by atoms with Gasteiger partial charge in [0.25, 0.3) is 0 Å². The standard InChI is InChI=1S/C8H16O9/c9-1-3(10)5(13)6(14)7(15)8(16)17-2-4(11)12/h3-7,9-15H,1-2H2/t3-,5-,6+,7-/m1/s1. The number of aliphatic hydroxyl groups excluding tert-OH is 6. The predicted octanol–water partition coefficient (Wildman–Crippen LogP) is -4.72. The minimum atomic E-state index is -2.19. The molecule has 0 aromatic rings. The molecule has 0 rings (SSSR count). The number of rotatable bonds is 7. The van der Waals surface area contributed by atoms with Crippen molar-refractivity contribution in [3.63, 3.8) is 0 Å². The second-order valence-electron chi connectivity index (χ2n) is 3.29. The lowest BCUT2D eigenvalue weighted by Crippen LogP contribution is -2.49. The van der Waals surface area contributed by atoms with Gasteiger partial charge in [-0.3, -0.25) is 0 Å². The van der Waals surface area contributed by atoms with Gasteiger partial charge in [0.1, 0.15) is 24.9 Å². The molecule has 0 unspecified atom stereocenters. The van der Waals surface area contributed by atoms with Crippen LogP contribution in [0.1, 0.15) is 0 Å². The highest BCUT2D eigenvalue weighted by atomic mass is 16.6. The summed E-state index contributed by atoms with van der Waals surface area (Å²) < 4.78 is 4.15. The van der Waals surface area contributed by atoms with Gasteiger partial charge in [-0.1, -0.05) is 0 Å². The van der Waals surface area contributed by atoms with E-state index in [9.17, 15) is 15.0 Å². The number of esters is 1. The molecule has 0 amide bonds. The predicted molar refractivity (Wildman–Crippen MR) is 50.3 cm³/mol. The molecular formula is C8H16O9. The third-order valence-electron chi connectivity index (χ3n) is 1.87. The molecule has 9 heteroatoms. The Labute approximate surface area is 96.1 Å². The van der Waals surface area contributed by atoms with Crippen LogP contribution in [-0.2, 0) is 9.53 Å². The molecule has 0 aliphatic carbocycles. The zero-order valence-electron chi connectivity index (χ0n) is 8.75. The van der Waals surface area contributed by atoms with E-state index in [0.29, 0.717) is 0 Å². The third kappa shape index (κ3) is 5.37. The van der Waals surface area contributed by atoms with Crippen molar-refractivity contribution in [1.29, 1.82) is 0 Å². The Hall–Kier alpha value is -0.810. The van der Waals surface area contributed by atoms with E-state index in [2.05, 4.69) is 4.74 Å². The summed E-state index contributed by atoms with van der Waals surface area (Å²) in [4.78, 5) is 11.0. The topological polar surface area (TPSA) is 168 Å². The van der Waals surface area contributed by atoms with Crippen LogP contribution in [0, 0.1) is 0 Å². The van der Waals surface area contributed by atoms with Crippen molar-refractivity contribution < 1.29 is 45.3 Å². The summed E-state index contributed by atoms with van der Waals surface area (Å²) in [6.45, 7) is -1.70. The molecule has 0 aliphatic rings. The first kappa shape index (κ1) is 16.2. The monoisotopic (exact) mass is 256 g/mol. The first-order valence-corrected chi connectivity index (χ1v) is 4.67. The van der Waals surface area contributed by atoms with Gasteiger partial charge in [0.2, 0.25) is 0 Å². The number of hydrogen-bond donors (Lipinski definition) is 7. The fourth-order valence-electron chi connectivity index (χ4n) is 0.904. The molecule has 0 spiro atoms. The van der Waals surface area contributed by atoms with Crippen molar-refractivity contribution in [2.75, 3.05) is 13.2 Å². The van der Waals surface area contributed by atoms with E-state index in [1.807, 2.05) is 0 Å². The zero-order valence-corrected chi connectivity index (χ0v) is 8.75. The van der Waals surface area contributed by atoms with Gasteiger partial charge in [-0.2, -0.15) is 0 Å². The Morgan fingerprint density at radius 1 is 1.00 bits per heavy atom. The number of hydrogen-bond acceptors (Lipinski definition) is 9. The average Bonchev–Trinajstić information content (AvgIpc) is 2.31. The lowest BCUT2D eigenvalue weighted by molar-refractivity contribution is -0.179. The molecule has 0 heterocycles. The lowest BCUT2D eigenvalue weighted by Gasteiger charge is -2.24. The largest absolute Gasteiger partial charge is 0.458 e. The molecule has 0 bridgehead atoms. The second-order valence-corrected chi connectivity index (χ2v) is 3.29. The van der Waals surface area contributed by atoms with Crippen molar-refractivity contribution in [1.82, 2.24) is 0 Å². The van der Waals surface area contributed by atoms with E-state index in [1.54, 1.807) is 0 Å². The molecule has 4 atom stereocenters. The lowest BCUT2D eigenvalue weighted by atomic mass is 10.0. The van der Waals surface area contributed by atoms with Gasteiger partial charge in [0.05, 0.1) is 6.61 Å². The molecule has 0 aromatic heterocycles. The minimum absolute atomic E-state index is 0.818. The molecule has 0 saturated heterocycles. The normalized spacial score (nSPS) is 18.6. The average molecular weight is 256 g/mol. The quantitative estimate of drug-likeness (QED) is 0.175. The summed E-state index contributed by atoms with van der Waals surface area (Å²) in [6.07, 6.45) is -9.90. The molecule has 0 aliphatic heterocycles. The van der Waals surface area contributed by atoms with E-state index in [4.69, 9.17) is 25.5 Å². The molecule has 0 saturated carbocycles. The van der Waals surface area contributed by atoms with Gasteiger partial charge in [-0.25, -0.2) is 4.79 Å². The van der Waals surface area contributed by atoms with Gasteiger partial charge in [-0.15, -0.1) is 0 Å². The molecule has 102 valence electrons. The van der Waals surface area contributed by atoms with Crippen LogP contribution in [0.25, 0.3) is 0 Å². The van der Waals surface area contributed by atoms with Crippen LogP contribution in [0.15, 0.2) is 0 Å². The van der Waals surface area contributed by atoms with Crippen molar-refractivity contribution >= 4 is 5.97 Å². The Morgan fingerprint density at radius 2 is 1.53 bits per heavy atom. The summed E-state index contributed by atoms with van der Waals surface area (Å²) in [7, 11) is 0. The first-order chi connectivity index (χ1) is 7.81. The van der Waals surface area contributed by atoms with E-state index >= 15 is 0 Å². The molecule has 17 heavy (non-hydrogen) atoms.